The summed E-state index contributed by atoms with van der Waals surface area (Å²) >= 11 is 0. The highest BCUT2D eigenvalue weighted by Gasteiger charge is 2.45. The van der Waals surface area contributed by atoms with Crippen molar-refractivity contribution in [1.82, 2.24) is 4.90 Å². The van der Waals surface area contributed by atoms with Crippen LogP contribution in [0.2, 0.25) is 0 Å². The highest BCUT2D eigenvalue weighted by molar-refractivity contribution is 4.97. The Morgan fingerprint density at radius 1 is 1.21 bits per heavy atom. The van der Waals surface area contributed by atoms with Crippen LogP contribution in [-0.4, -0.2) is 25.0 Å². The smallest absolute Gasteiger partial charge is 0.00355 e. The number of hydrogen-bond acceptors (Lipinski definition) is 1. The molecule has 0 bridgehead atoms. The fourth-order valence-corrected chi connectivity index (χ4v) is 3.48. The van der Waals surface area contributed by atoms with Crippen LogP contribution in [0.4, 0.5) is 0 Å². The molecule has 0 radical (unpaired) electrons. The van der Waals surface area contributed by atoms with E-state index in [1.807, 2.05) is 0 Å². The van der Waals surface area contributed by atoms with E-state index in [1.54, 1.807) is 0 Å². The number of hydrogen-bond donors (Lipinski definition) is 0. The third-order valence-electron chi connectivity index (χ3n) is 4.56. The van der Waals surface area contributed by atoms with Gasteiger partial charge in [-0.1, -0.05) is 20.8 Å². The lowest BCUT2D eigenvalue weighted by Gasteiger charge is -2.29. The van der Waals surface area contributed by atoms with E-state index >= 15 is 0 Å². The van der Waals surface area contributed by atoms with E-state index in [1.165, 1.54) is 38.8 Å². The monoisotopic (exact) mass is 195 g/mol. The fourth-order valence-electron chi connectivity index (χ4n) is 3.48. The molecule has 2 fully saturated rings. The summed E-state index contributed by atoms with van der Waals surface area (Å²) in [4.78, 5) is 2.52. The van der Waals surface area contributed by atoms with Gasteiger partial charge < -0.3 is 4.90 Å². The van der Waals surface area contributed by atoms with Crippen molar-refractivity contribution >= 4 is 0 Å². The van der Waals surface area contributed by atoms with Crippen molar-refractivity contribution in [2.75, 3.05) is 20.1 Å². The van der Waals surface area contributed by atoms with Gasteiger partial charge in [0, 0.05) is 6.54 Å². The molecule has 0 unspecified atom stereocenters. The number of rotatable bonds is 0. The van der Waals surface area contributed by atoms with Crippen LogP contribution in [0.25, 0.3) is 0 Å². The minimum absolute atomic E-state index is 0.532. The first-order valence-electron chi connectivity index (χ1n) is 6.10. The summed E-state index contributed by atoms with van der Waals surface area (Å²) in [6.07, 6.45) is 5.90. The van der Waals surface area contributed by atoms with Gasteiger partial charge in [0.1, 0.15) is 0 Å². The number of nitrogens with zero attached hydrogens (tertiary/aromatic N) is 1. The Morgan fingerprint density at radius 2 is 1.93 bits per heavy atom. The Kier molecular flexibility index (Phi) is 2.42. The summed E-state index contributed by atoms with van der Waals surface area (Å²) in [5.74, 6) is 0.967. The van der Waals surface area contributed by atoms with Crippen molar-refractivity contribution in [3.63, 3.8) is 0 Å². The van der Waals surface area contributed by atoms with Crippen LogP contribution in [0.5, 0.6) is 0 Å². The van der Waals surface area contributed by atoms with Crippen molar-refractivity contribution in [3.8, 4) is 0 Å². The van der Waals surface area contributed by atoms with E-state index in [4.69, 9.17) is 0 Å². The Morgan fingerprint density at radius 3 is 2.36 bits per heavy atom. The van der Waals surface area contributed by atoms with Crippen LogP contribution < -0.4 is 0 Å². The van der Waals surface area contributed by atoms with E-state index in [9.17, 15) is 0 Å². The van der Waals surface area contributed by atoms with Crippen LogP contribution in [0, 0.1) is 16.7 Å². The van der Waals surface area contributed by atoms with Gasteiger partial charge >= 0.3 is 0 Å². The maximum Gasteiger partial charge on any atom is 0.00355 e. The van der Waals surface area contributed by atoms with Crippen LogP contribution in [-0.2, 0) is 0 Å². The van der Waals surface area contributed by atoms with Gasteiger partial charge in [-0.25, -0.2) is 0 Å². The molecular formula is C13H25N. The second-order valence-electron chi connectivity index (χ2n) is 6.79. The lowest BCUT2D eigenvalue weighted by Crippen LogP contribution is -2.24. The average Bonchev–Trinajstić information content (AvgIpc) is 2.59. The van der Waals surface area contributed by atoms with E-state index in [0.717, 1.165) is 5.92 Å². The molecule has 2 atom stereocenters. The molecule has 1 heteroatoms. The summed E-state index contributed by atoms with van der Waals surface area (Å²) < 4.78 is 0. The van der Waals surface area contributed by atoms with E-state index in [0.29, 0.717) is 10.8 Å². The first-order chi connectivity index (χ1) is 6.41. The summed E-state index contributed by atoms with van der Waals surface area (Å²) in [6.45, 7) is 9.93. The second-order valence-corrected chi connectivity index (χ2v) is 6.79. The van der Waals surface area contributed by atoms with Gasteiger partial charge in [0.2, 0.25) is 0 Å². The SMILES string of the molecule is CN1CC[C@@]2(CC[C@@H](C(C)(C)C)C2)C1. The molecule has 2 aliphatic rings. The second kappa shape index (κ2) is 3.23. The van der Waals surface area contributed by atoms with Gasteiger partial charge in [0.25, 0.3) is 0 Å². The largest absolute Gasteiger partial charge is 0.306 e. The Bertz CT molecular complexity index is 216. The highest BCUT2D eigenvalue weighted by atomic mass is 15.1. The molecule has 1 saturated heterocycles. The molecule has 82 valence electrons. The summed E-state index contributed by atoms with van der Waals surface area (Å²) in [7, 11) is 2.28. The third-order valence-corrected chi connectivity index (χ3v) is 4.56. The van der Waals surface area contributed by atoms with Crippen LogP contribution >= 0.6 is 0 Å². The Labute approximate surface area is 88.9 Å². The molecule has 1 aliphatic heterocycles. The van der Waals surface area contributed by atoms with Gasteiger partial charge in [0.05, 0.1) is 0 Å². The van der Waals surface area contributed by atoms with Gasteiger partial charge in [0.15, 0.2) is 0 Å². The maximum atomic E-state index is 2.52. The quantitative estimate of drug-likeness (QED) is 0.574. The Balaban J connectivity index is 2.01. The standard InChI is InChI=1S/C13H25N/c1-12(2,3)11-5-6-13(9-11)7-8-14(4)10-13/h11H,5-10H2,1-4H3/t11-,13-/m1/s1. The van der Waals surface area contributed by atoms with Crippen LogP contribution in [0.3, 0.4) is 0 Å². The molecule has 1 heterocycles. The third kappa shape index (κ3) is 1.84. The van der Waals surface area contributed by atoms with Gasteiger partial charge in [-0.2, -0.15) is 0 Å². The van der Waals surface area contributed by atoms with Crippen LogP contribution in [0.1, 0.15) is 46.5 Å². The predicted octanol–water partition coefficient (Wildman–Crippen LogP) is 3.15. The van der Waals surface area contributed by atoms with Crippen molar-refractivity contribution in [2.24, 2.45) is 16.7 Å². The van der Waals surface area contributed by atoms with Crippen molar-refractivity contribution < 1.29 is 0 Å². The molecule has 1 spiro atoms. The van der Waals surface area contributed by atoms with Crippen molar-refractivity contribution in [1.29, 1.82) is 0 Å². The maximum absolute atomic E-state index is 2.52. The van der Waals surface area contributed by atoms with Gasteiger partial charge in [-0.15, -0.1) is 0 Å². The molecular weight excluding hydrogens is 170 g/mol. The van der Waals surface area contributed by atoms with Crippen molar-refractivity contribution in [3.05, 3.63) is 0 Å². The zero-order valence-corrected chi connectivity index (χ0v) is 10.3. The fraction of sp³-hybridized carbons (Fsp3) is 1.00. The highest BCUT2D eigenvalue weighted by Crippen LogP contribution is 2.52. The zero-order valence-electron chi connectivity index (χ0n) is 10.3. The van der Waals surface area contributed by atoms with E-state index in [-0.39, 0.29) is 0 Å². The minimum Gasteiger partial charge on any atom is -0.306 e. The molecule has 0 aromatic heterocycles. The minimum atomic E-state index is 0.532. The lowest BCUT2D eigenvalue weighted by atomic mass is 9.76. The predicted molar refractivity (Wildman–Crippen MR) is 61.3 cm³/mol. The molecule has 1 nitrogen and oxygen atoms in total. The summed E-state index contributed by atoms with van der Waals surface area (Å²) in [5, 5.41) is 0. The molecule has 0 N–H and O–H groups in total. The normalized spacial score (nSPS) is 39.9. The lowest BCUT2D eigenvalue weighted by molar-refractivity contribution is 0.208. The summed E-state index contributed by atoms with van der Waals surface area (Å²) in [5.41, 5.74) is 1.25. The summed E-state index contributed by atoms with van der Waals surface area (Å²) in [6, 6.07) is 0. The van der Waals surface area contributed by atoms with Gasteiger partial charge in [-0.05, 0) is 56.0 Å². The average molecular weight is 195 g/mol. The molecule has 0 aromatic carbocycles. The van der Waals surface area contributed by atoms with Gasteiger partial charge in [-0.3, -0.25) is 0 Å². The first kappa shape index (κ1) is 10.5. The zero-order chi connectivity index (χ0) is 10.4. The first-order valence-corrected chi connectivity index (χ1v) is 6.10. The molecule has 0 amide bonds. The van der Waals surface area contributed by atoms with Crippen molar-refractivity contribution in [2.45, 2.75) is 46.5 Å². The molecule has 0 aromatic rings. The number of likely N-dealkylation sites (tertiary alicyclic amines) is 1. The molecule has 1 aliphatic carbocycles. The molecule has 14 heavy (non-hydrogen) atoms. The van der Waals surface area contributed by atoms with Crippen LogP contribution in [0.15, 0.2) is 0 Å². The van der Waals surface area contributed by atoms with E-state index in [2.05, 4.69) is 32.7 Å². The molecule has 1 saturated carbocycles. The topological polar surface area (TPSA) is 3.24 Å². The van der Waals surface area contributed by atoms with E-state index < -0.39 is 0 Å². The Hall–Kier alpha value is -0.0400. The molecule has 2 rings (SSSR count).